The molecule has 10 heteroatoms. The van der Waals surface area contributed by atoms with Crippen LogP contribution in [0.15, 0.2) is 12.1 Å². The Morgan fingerprint density at radius 2 is 1.72 bits per heavy atom. The van der Waals surface area contributed by atoms with Gasteiger partial charge in [-0.3, -0.25) is 34.2 Å². The smallest absolute Gasteiger partial charge is 0.262 e. The van der Waals surface area contributed by atoms with E-state index in [4.69, 9.17) is 0 Å². The quantitative estimate of drug-likeness (QED) is 0.556. The van der Waals surface area contributed by atoms with Crippen LogP contribution in [0.2, 0.25) is 0 Å². The molecule has 9 nitrogen and oxygen atoms in total. The van der Waals surface area contributed by atoms with Crippen molar-refractivity contribution < 1.29 is 28.4 Å². The van der Waals surface area contributed by atoms with Crippen LogP contribution in [0.5, 0.6) is 0 Å². The minimum Gasteiger partial charge on any atom is -0.369 e. The van der Waals surface area contributed by atoms with Gasteiger partial charge in [0.05, 0.1) is 16.8 Å². The lowest BCUT2D eigenvalue weighted by Crippen LogP contribution is -2.54. The predicted molar refractivity (Wildman–Crippen MR) is 130 cm³/mol. The van der Waals surface area contributed by atoms with E-state index in [-0.39, 0.29) is 46.9 Å². The molecule has 0 aliphatic carbocycles. The van der Waals surface area contributed by atoms with Crippen LogP contribution in [0.25, 0.3) is 0 Å². The molecule has 3 heterocycles. The lowest BCUT2D eigenvalue weighted by molar-refractivity contribution is -0.136. The Morgan fingerprint density at radius 3 is 2.31 bits per heavy atom. The molecule has 0 bridgehead atoms. The second kappa shape index (κ2) is 9.99. The molecular formula is C26H33FN4O5. The van der Waals surface area contributed by atoms with Gasteiger partial charge in [-0.1, -0.05) is 20.8 Å². The lowest BCUT2D eigenvalue weighted by atomic mass is 9.80. The molecule has 2 N–H and O–H groups in total. The summed E-state index contributed by atoms with van der Waals surface area (Å²) in [6.45, 7) is 7.73. The Kier molecular flexibility index (Phi) is 7.15. The number of rotatable bonds is 7. The molecule has 2 saturated heterocycles. The van der Waals surface area contributed by atoms with Gasteiger partial charge in [0.25, 0.3) is 11.8 Å². The van der Waals surface area contributed by atoms with Crippen molar-refractivity contribution in [3.63, 3.8) is 0 Å². The van der Waals surface area contributed by atoms with E-state index in [0.717, 1.165) is 36.6 Å². The van der Waals surface area contributed by atoms with E-state index in [9.17, 15) is 24.0 Å². The molecule has 0 spiro atoms. The maximum Gasteiger partial charge on any atom is 0.262 e. The highest BCUT2D eigenvalue weighted by atomic mass is 19.1. The maximum absolute atomic E-state index is 15.1. The van der Waals surface area contributed by atoms with Crippen LogP contribution in [0.1, 0.15) is 80.0 Å². The Hall–Kier alpha value is -3.30. The van der Waals surface area contributed by atoms with Crippen LogP contribution < -0.4 is 15.5 Å². The van der Waals surface area contributed by atoms with E-state index in [1.165, 1.54) is 6.07 Å². The fourth-order valence-corrected chi connectivity index (χ4v) is 5.29. The fraction of sp³-hybridized carbons (Fsp3) is 0.577. The summed E-state index contributed by atoms with van der Waals surface area (Å²) in [5.74, 6) is -3.07. The van der Waals surface area contributed by atoms with Crippen molar-refractivity contribution in [2.75, 3.05) is 24.5 Å². The van der Waals surface area contributed by atoms with Gasteiger partial charge in [0.1, 0.15) is 11.9 Å². The van der Waals surface area contributed by atoms with Gasteiger partial charge in [-0.25, -0.2) is 4.39 Å². The second-order valence-electron chi connectivity index (χ2n) is 10.3. The number of anilines is 1. The largest absolute Gasteiger partial charge is 0.369 e. The van der Waals surface area contributed by atoms with Crippen LogP contribution in [-0.2, 0) is 14.4 Å². The molecule has 1 atom stereocenters. The first-order valence-corrected chi connectivity index (χ1v) is 12.7. The van der Waals surface area contributed by atoms with Crippen LogP contribution in [0.4, 0.5) is 10.1 Å². The number of hydrogen-bond acceptors (Lipinski definition) is 6. The van der Waals surface area contributed by atoms with Gasteiger partial charge in [0, 0.05) is 32.0 Å². The van der Waals surface area contributed by atoms with Crippen LogP contribution in [0.3, 0.4) is 0 Å². The Labute approximate surface area is 209 Å². The molecule has 0 aromatic heterocycles. The summed E-state index contributed by atoms with van der Waals surface area (Å²) >= 11 is 0. The zero-order valence-electron chi connectivity index (χ0n) is 21.0. The Bertz CT molecular complexity index is 1110. The average molecular weight is 501 g/mol. The highest BCUT2D eigenvalue weighted by Gasteiger charge is 2.45. The van der Waals surface area contributed by atoms with Gasteiger partial charge >= 0.3 is 0 Å². The maximum atomic E-state index is 15.1. The summed E-state index contributed by atoms with van der Waals surface area (Å²) in [6, 6.07) is 1.38. The monoisotopic (exact) mass is 500 g/mol. The molecule has 194 valence electrons. The number of halogens is 1. The number of carbonyl (C=O) groups excluding carboxylic acids is 5. The van der Waals surface area contributed by atoms with Crippen molar-refractivity contribution in [2.45, 2.75) is 65.3 Å². The molecular weight excluding hydrogens is 467 g/mol. The zero-order valence-corrected chi connectivity index (χ0v) is 21.0. The normalized spacial score (nSPS) is 21.6. The minimum absolute atomic E-state index is 0.00850. The molecule has 36 heavy (non-hydrogen) atoms. The van der Waals surface area contributed by atoms with Gasteiger partial charge in [0.2, 0.25) is 17.7 Å². The van der Waals surface area contributed by atoms with E-state index in [0.29, 0.717) is 19.6 Å². The van der Waals surface area contributed by atoms with Gasteiger partial charge in [-0.15, -0.1) is 0 Å². The number of nitrogens with one attached hydrogen (secondary N) is 2. The standard InChI is InChI=1S/C26H33FN4O5/c1-4-15(5-2)22(33)28-14-26(3)8-10-30(11-9-26)20-13-17-16(12-18(20)27)24(35)31(25(17)36)19-6-7-21(32)29-23(19)34/h12-13,15,19H,4-11,14H2,1-3H3,(H,28,33)(H,29,32,34). The number of nitrogens with zero attached hydrogens (tertiary/aromatic N) is 2. The SMILES string of the molecule is CCC(CC)C(=O)NCC1(C)CCN(c2cc3c(cc2F)C(=O)N(C2CCC(=O)NC2=O)C3=O)CC1. The molecule has 1 aromatic carbocycles. The molecule has 5 amide bonds. The predicted octanol–water partition coefficient (Wildman–Crippen LogP) is 2.39. The van der Waals surface area contributed by atoms with Crippen LogP contribution in [0, 0.1) is 17.2 Å². The van der Waals surface area contributed by atoms with E-state index in [2.05, 4.69) is 17.6 Å². The van der Waals surface area contributed by atoms with E-state index in [1.807, 2.05) is 18.7 Å². The van der Waals surface area contributed by atoms with Crippen LogP contribution >= 0.6 is 0 Å². The molecule has 2 fully saturated rings. The molecule has 1 aromatic rings. The molecule has 0 saturated carbocycles. The third-order valence-electron chi connectivity index (χ3n) is 7.86. The van der Waals surface area contributed by atoms with Gasteiger partial charge in [-0.2, -0.15) is 0 Å². The summed E-state index contributed by atoms with van der Waals surface area (Å²) in [6.07, 6.45) is 3.11. The van der Waals surface area contributed by atoms with E-state index in [1.54, 1.807) is 0 Å². The van der Waals surface area contributed by atoms with E-state index >= 15 is 4.39 Å². The van der Waals surface area contributed by atoms with Crippen molar-refractivity contribution in [1.29, 1.82) is 0 Å². The molecule has 1 unspecified atom stereocenters. The number of amides is 5. The number of hydrogen-bond donors (Lipinski definition) is 2. The number of benzene rings is 1. The lowest BCUT2D eigenvalue weighted by Gasteiger charge is -2.41. The highest BCUT2D eigenvalue weighted by Crippen LogP contribution is 2.37. The molecule has 3 aliphatic rings. The van der Waals surface area contributed by atoms with Crippen molar-refractivity contribution in [2.24, 2.45) is 11.3 Å². The average Bonchev–Trinajstić information content (AvgIpc) is 3.08. The molecule has 0 radical (unpaired) electrons. The number of imide groups is 2. The van der Waals surface area contributed by atoms with Gasteiger partial charge in [0.15, 0.2) is 0 Å². The first kappa shape index (κ1) is 25.8. The second-order valence-corrected chi connectivity index (χ2v) is 10.3. The van der Waals surface area contributed by atoms with Crippen molar-refractivity contribution in [3.05, 3.63) is 29.1 Å². The van der Waals surface area contributed by atoms with Gasteiger partial charge in [-0.05, 0) is 49.7 Å². The van der Waals surface area contributed by atoms with Crippen molar-refractivity contribution in [3.8, 4) is 0 Å². The van der Waals surface area contributed by atoms with Gasteiger partial charge < -0.3 is 10.2 Å². The summed E-state index contributed by atoms with van der Waals surface area (Å²) in [4.78, 5) is 64.8. The summed E-state index contributed by atoms with van der Waals surface area (Å²) in [5, 5.41) is 5.23. The van der Waals surface area contributed by atoms with Crippen molar-refractivity contribution in [1.82, 2.24) is 15.5 Å². The molecule has 4 rings (SSSR count). The molecule has 3 aliphatic heterocycles. The summed E-state index contributed by atoms with van der Waals surface area (Å²) in [7, 11) is 0. The number of fused-ring (bicyclic) bond motifs is 1. The summed E-state index contributed by atoms with van der Waals surface area (Å²) < 4.78 is 15.1. The minimum atomic E-state index is -1.09. The number of carbonyl (C=O) groups is 5. The first-order valence-electron chi connectivity index (χ1n) is 12.7. The Balaban J connectivity index is 1.45. The third kappa shape index (κ3) is 4.73. The Morgan fingerprint density at radius 1 is 1.11 bits per heavy atom. The van der Waals surface area contributed by atoms with Crippen molar-refractivity contribution >= 4 is 35.2 Å². The summed E-state index contributed by atoms with van der Waals surface area (Å²) in [5.41, 5.74) is 0.103. The fourth-order valence-electron chi connectivity index (χ4n) is 5.29. The van der Waals surface area contributed by atoms with E-state index < -0.39 is 35.5 Å². The highest BCUT2D eigenvalue weighted by molar-refractivity contribution is 6.23. The topological polar surface area (TPSA) is 116 Å². The zero-order chi connectivity index (χ0) is 26.2. The van der Waals surface area contributed by atoms with Crippen LogP contribution in [-0.4, -0.2) is 60.1 Å². The third-order valence-corrected chi connectivity index (χ3v) is 7.86. The first-order chi connectivity index (χ1) is 17.1. The number of piperidine rings is 2.